The highest BCUT2D eigenvalue weighted by molar-refractivity contribution is 5.88. The molecule has 0 amide bonds. The van der Waals surface area contributed by atoms with Gasteiger partial charge in [0.25, 0.3) is 0 Å². The highest BCUT2D eigenvalue weighted by Gasteiger charge is 2.08. The van der Waals surface area contributed by atoms with Gasteiger partial charge in [-0.15, -0.1) is 0 Å². The van der Waals surface area contributed by atoms with Crippen molar-refractivity contribution in [2.45, 2.75) is 13.8 Å². The zero-order valence-electron chi connectivity index (χ0n) is 10.9. The van der Waals surface area contributed by atoms with E-state index >= 15 is 0 Å². The molecule has 0 saturated carbocycles. The summed E-state index contributed by atoms with van der Waals surface area (Å²) in [6.07, 6.45) is 3.67. The van der Waals surface area contributed by atoms with Crippen LogP contribution in [0.15, 0.2) is 24.5 Å². The Morgan fingerprint density at radius 3 is 2.89 bits per heavy atom. The van der Waals surface area contributed by atoms with E-state index in [1.165, 1.54) is 5.56 Å². The molecule has 0 spiro atoms. The van der Waals surface area contributed by atoms with Crippen LogP contribution in [0.2, 0.25) is 0 Å². The van der Waals surface area contributed by atoms with Gasteiger partial charge < -0.3 is 9.30 Å². The lowest BCUT2D eigenvalue weighted by molar-refractivity contribution is 0.272. The first kappa shape index (κ1) is 12.3. The van der Waals surface area contributed by atoms with E-state index in [0.29, 0.717) is 12.3 Å². The van der Waals surface area contributed by atoms with Gasteiger partial charge in [0.15, 0.2) is 0 Å². The number of ether oxygens (including phenoxy) is 1. The van der Waals surface area contributed by atoms with Gasteiger partial charge in [0.1, 0.15) is 11.8 Å². The lowest BCUT2D eigenvalue weighted by Crippen LogP contribution is -1.91. The molecule has 0 radical (unpaired) electrons. The average Bonchev–Trinajstić information content (AvgIpc) is 2.70. The summed E-state index contributed by atoms with van der Waals surface area (Å²) in [5, 5.41) is 10.2. The maximum absolute atomic E-state index is 9.05. The standard InChI is InChI=1S/C15H16N2O/c1-4-18-8-7-12-5-6-15-14(11(12)2)9-13(10-16)17(15)3/h5-9H,4H2,1-3H3/b8-7+. The number of rotatable bonds is 3. The molecular formula is C15H16N2O. The SMILES string of the molecule is CCO/C=C/c1ccc2c(cc(C#N)n2C)c1C. The Morgan fingerprint density at radius 1 is 1.44 bits per heavy atom. The van der Waals surface area contributed by atoms with Crippen LogP contribution in [0.25, 0.3) is 17.0 Å². The Labute approximate surface area is 107 Å². The van der Waals surface area contributed by atoms with Crippen LogP contribution < -0.4 is 0 Å². The Hall–Kier alpha value is -2.21. The summed E-state index contributed by atoms with van der Waals surface area (Å²) in [7, 11) is 1.91. The predicted octanol–water partition coefficient (Wildman–Crippen LogP) is 3.37. The van der Waals surface area contributed by atoms with Gasteiger partial charge in [0.05, 0.1) is 12.9 Å². The number of fused-ring (bicyclic) bond motifs is 1. The minimum absolute atomic E-state index is 0.668. The van der Waals surface area contributed by atoms with Crippen molar-refractivity contribution < 1.29 is 4.74 Å². The molecule has 2 rings (SSSR count). The third-order valence-electron chi connectivity index (χ3n) is 3.16. The summed E-state index contributed by atoms with van der Waals surface area (Å²) >= 11 is 0. The first-order valence-corrected chi connectivity index (χ1v) is 5.96. The highest BCUT2D eigenvalue weighted by Crippen LogP contribution is 2.25. The molecule has 0 unspecified atom stereocenters. The first-order chi connectivity index (χ1) is 8.69. The van der Waals surface area contributed by atoms with Crippen molar-refractivity contribution in [3.63, 3.8) is 0 Å². The molecular weight excluding hydrogens is 224 g/mol. The van der Waals surface area contributed by atoms with Gasteiger partial charge in [-0.05, 0) is 43.2 Å². The zero-order valence-corrected chi connectivity index (χ0v) is 10.9. The smallest absolute Gasteiger partial charge is 0.121 e. The number of aromatic nitrogens is 1. The van der Waals surface area contributed by atoms with Gasteiger partial charge in [-0.2, -0.15) is 5.26 Å². The Balaban J connectivity index is 2.55. The van der Waals surface area contributed by atoms with Gasteiger partial charge >= 0.3 is 0 Å². The van der Waals surface area contributed by atoms with Crippen molar-refractivity contribution in [1.82, 2.24) is 4.57 Å². The van der Waals surface area contributed by atoms with Crippen molar-refractivity contribution in [2.24, 2.45) is 7.05 Å². The molecule has 1 heterocycles. The molecule has 1 aromatic heterocycles. The van der Waals surface area contributed by atoms with Crippen LogP contribution in [0, 0.1) is 18.3 Å². The van der Waals surface area contributed by atoms with E-state index < -0.39 is 0 Å². The topological polar surface area (TPSA) is 37.9 Å². The maximum atomic E-state index is 9.05. The highest BCUT2D eigenvalue weighted by atomic mass is 16.5. The van der Waals surface area contributed by atoms with Crippen molar-refractivity contribution in [2.75, 3.05) is 6.61 Å². The Bertz CT molecular complexity index is 645. The fraction of sp³-hybridized carbons (Fsp3) is 0.267. The fourth-order valence-electron chi connectivity index (χ4n) is 2.07. The summed E-state index contributed by atoms with van der Waals surface area (Å²) in [5.74, 6) is 0. The third kappa shape index (κ3) is 1.98. The van der Waals surface area contributed by atoms with Crippen LogP contribution >= 0.6 is 0 Å². The molecule has 0 fully saturated rings. The molecule has 18 heavy (non-hydrogen) atoms. The second-order valence-corrected chi connectivity index (χ2v) is 4.17. The molecule has 0 aliphatic rings. The summed E-state index contributed by atoms with van der Waals surface area (Å²) in [6.45, 7) is 4.69. The number of aryl methyl sites for hydroxylation is 2. The number of benzene rings is 1. The van der Waals surface area contributed by atoms with Crippen molar-refractivity contribution in [3.05, 3.63) is 41.3 Å². The predicted molar refractivity (Wildman–Crippen MR) is 73.0 cm³/mol. The van der Waals surface area contributed by atoms with Crippen LogP contribution in [0.1, 0.15) is 23.7 Å². The lowest BCUT2D eigenvalue weighted by atomic mass is 10.0. The molecule has 0 aliphatic heterocycles. The van der Waals surface area contributed by atoms with Gasteiger partial charge in [-0.3, -0.25) is 0 Å². The van der Waals surface area contributed by atoms with Crippen LogP contribution in [0.4, 0.5) is 0 Å². The molecule has 3 nitrogen and oxygen atoms in total. The first-order valence-electron chi connectivity index (χ1n) is 5.96. The monoisotopic (exact) mass is 240 g/mol. The van der Waals surface area contributed by atoms with E-state index in [-0.39, 0.29) is 0 Å². The van der Waals surface area contributed by atoms with Gasteiger partial charge in [0.2, 0.25) is 0 Å². The van der Waals surface area contributed by atoms with Gasteiger partial charge in [-0.1, -0.05) is 6.07 Å². The Morgan fingerprint density at radius 2 is 2.22 bits per heavy atom. The van der Waals surface area contributed by atoms with E-state index in [0.717, 1.165) is 16.5 Å². The molecule has 0 bridgehead atoms. The van der Waals surface area contributed by atoms with Crippen LogP contribution in [0.5, 0.6) is 0 Å². The maximum Gasteiger partial charge on any atom is 0.121 e. The van der Waals surface area contributed by atoms with E-state index in [9.17, 15) is 0 Å². The summed E-state index contributed by atoms with van der Waals surface area (Å²) < 4.78 is 7.13. The summed E-state index contributed by atoms with van der Waals surface area (Å²) in [6, 6.07) is 8.22. The van der Waals surface area contributed by atoms with E-state index in [4.69, 9.17) is 10.00 Å². The molecule has 92 valence electrons. The minimum atomic E-state index is 0.668. The molecule has 1 aromatic carbocycles. The second-order valence-electron chi connectivity index (χ2n) is 4.17. The van der Waals surface area contributed by atoms with Crippen LogP contribution in [0.3, 0.4) is 0 Å². The van der Waals surface area contributed by atoms with Crippen LogP contribution in [-0.4, -0.2) is 11.2 Å². The number of nitrogens with zero attached hydrogens (tertiary/aromatic N) is 2. The number of hydrogen-bond acceptors (Lipinski definition) is 2. The van der Waals surface area contributed by atoms with Crippen molar-refractivity contribution in [1.29, 1.82) is 5.26 Å². The molecule has 0 aliphatic carbocycles. The molecule has 0 saturated heterocycles. The minimum Gasteiger partial charge on any atom is -0.501 e. The van der Waals surface area contributed by atoms with E-state index in [2.05, 4.69) is 13.0 Å². The molecule has 2 aromatic rings. The van der Waals surface area contributed by atoms with Gasteiger partial charge in [-0.25, -0.2) is 0 Å². The Kier molecular flexibility index (Phi) is 3.38. The van der Waals surface area contributed by atoms with Crippen molar-refractivity contribution in [3.8, 4) is 6.07 Å². The van der Waals surface area contributed by atoms with E-state index in [1.807, 2.05) is 42.8 Å². The quantitative estimate of drug-likeness (QED) is 0.771. The van der Waals surface area contributed by atoms with Gasteiger partial charge in [0, 0.05) is 18.0 Å². The molecule has 3 heteroatoms. The third-order valence-corrected chi connectivity index (χ3v) is 3.16. The average molecular weight is 240 g/mol. The largest absolute Gasteiger partial charge is 0.501 e. The lowest BCUT2D eigenvalue weighted by Gasteiger charge is -2.04. The molecule has 0 atom stereocenters. The fourth-order valence-corrected chi connectivity index (χ4v) is 2.07. The number of hydrogen-bond donors (Lipinski definition) is 0. The normalized spacial score (nSPS) is 11.0. The van der Waals surface area contributed by atoms with Crippen molar-refractivity contribution >= 4 is 17.0 Å². The van der Waals surface area contributed by atoms with Crippen LogP contribution in [-0.2, 0) is 11.8 Å². The molecule has 0 N–H and O–H groups in total. The van der Waals surface area contributed by atoms with E-state index in [1.54, 1.807) is 6.26 Å². The number of nitriles is 1. The zero-order chi connectivity index (χ0) is 13.1. The summed E-state index contributed by atoms with van der Waals surface area (Å²) in [4.78, 5) is 0. The second kappa shape index (κ2) is 4.97. The summed E-state index contributed by atoms with van der Waals surface area (Å²) in [5.41, 5.74) is 4.04.